The Morgan fingerprint density at radius 2 is 2.05 bits per heavy atom. The molecule has 3 rings (SSSR count). The molecule has 0 aliphatic rings. The maximum atomic E-state index is 12.0. The number of nitrogens with zero attached hydrogens (tertiary/aromatic N) is 4. The maximum Gasteiger partial charge on any atom is 0.350 e. The normalized spacial score (nSPS) is 11.0. The Morgan fingerprint density at radius 3 is 2.85 bits per heavy atom. The largest absolute Gasteiger partial charge is 0.350 e. The van der Waals surface area contributed by atoms with Gasteiger partial charge < -0.3 is 5.32 Å². The van der Waals surface area contributed by atoms with Crippen molar-refractivity contribution in [3.05, 3.63) is 65.0 Å². The van der Waals surface area contributed by atoms with Crippen LogP contribution >= 0.6 is 0 Å². The molecule has 20 heavy (non-hydrogen) atoms. The molecular formula is C14H15N5O. The van der Waals surface area contributed by atoms with Crippen molar-refractivity contribution >= 4 is 5.65 Å². The zero-order valence-electron chi connectivity index (χ0n) is 10.9. The van der Waals surface area contributed by atoms with Gasteiger partial charge in [-0.3, -0.25) is 9.38 Å². The number of rotatable bonds is 5. The van der Waals surface area contributed by atoms with Crippen LogP contribution in [0.3, 0.4) is 0 Å². The molecule has 0 unspecified atom stereocenters. The summed E-state index contributed by atoms with van der Waals surface area (Å²) in [5, 5.41) is 7.52. The average Bonchev–Trinajstić information content (AvgIpc) is 2.82. The summed E-state index contributed by atoms with van der Waals surface area (Å²) in [4.78, 5) is 16.2. The molecule has 1 N–H and O–H groups in total. The van der Waals surface area contributed by atoms with E-state index in [0.717, 1.165) is 5.69 Å². The first-order valence-electron chi connectivity index (χ1n) is 6.49. The molecule has 0 bridgehead atoms. The second kappa shape index (κ2) is 5.66. The van der Waals surface area contributed by atoms with E-state index in [0.29, 0.717) is 25.3 Å². The Balaban J connectivity index is 1.60. The smallest absolute Gasteiger partial charge is 0.309 e. The van der Waals surface area contributed by atoms with Crippen LogP contribution in [0.4, 0.5) is 0 Å². The number of pyridine rings is 2. The molecule has 0 aliphatic heterocycles. The standard InChI is InChI=1S/C14H15N5O/c20-14-18-9-4-2-6-13(18)17-19(14)10-8-15-11-12-5-1-3-7-16-12/h1-7,9,15H,8,10-11H2. The third kappa shape index (κ3) is 2.60. The Morgan fingerprint density at radius 1 is 1.15 bits per heavy atom. The van der Waals surface area contributed by atoms with Gasteiger partial charge >= 0.3 is 5.69 Å². The van der Waals surface area contributed by atoms with Gasteiger partial charge in [-0.25, -0.2) is 9.48 Å². The summed E-state index contributed by atoms with van der Waals surface area (Å²) in [5.41, 5.74) is 1.54. The van der Waals surface area contributed by atoms with Gasteiger partial charge in [-0.2, -0.15) is 0 Å². The lowest BCUT2D eigenvalue weighted by Crippen LogP contribution is -2.27. The molecule has 0 radical (unpaired) electrons. The zero-order chi connectivity index (χ0) is 13.8. The van der Waals surface area contributed by atoms with Crippen LogP contribution in [0.1, 0.15) is 5.69 Å². The lowest BCUT2D eigenvalue weighted by Gasteiger charge is -2.03. The minimum absolute atomic E-state index is 0.111. The molecular weight excluding hydrogens is 254 g/mol. The molecule has 0 aliphatic carbocycles. The number of hydrogen-bond donors (Lipinski definition) is 1. The van der Waals surface area contributed by atoms with Crippen LogP contribution in [0.5, 0.6) is 0 Å². The second-order valence-electron chi connectivity index (χ2n) is 4.43. The molecule has 102 valence electrons. The molecule has 0 spiro atoms. The molecule has 0 atom stereocenters. The topological polar surface area (TPSA) is 64.2 Å². The minimum Gasteiger partial charge on any atom is -0.309 e. The molecule has 0 saturated carbocycles. The summed E-state index contributed by atoms with van der Waals surface area (Å²) in [6.45, 7) is 1.89. The third-order valence-electron chi connectivity index (χ3n) is 3.02. The SMILES string of the molecule is O=c1n(CCNCc2ccccn2)nc2ccccn12. The van der Waals surface area contributed by atoms with Crippen LogP contribution in [-0.4, -0.2) is 25.7 Å². The number of fused-ring (bicyclic) bond motifs is 1. The van der Waals surface area contributed by atoms with E-state index in [2.05, 4.69) is 15.4 Å². The summed E-state index contributed by atoms with van der Waals surface area (Å²) < 4.78 is 3.01. The summed E-state index contributed by atoms with van der Waals surface area (Å²) in [7, 11) is 0. The van der Waals surface area contributed by atoms with E-state index >= 15 is 0 Å². The highest BCUT2D eigenvalue weighted by Gasteiger charge is 2.04. The Labute approximate surface area is 115 Å². The van der Waals surface area contributed by atoms with E-state index in [1.807, 2.05) is 36.4 Å². The van der Waals surface area contributed by atoms with E-state index < -0.39 is 0 Å². The fraction of sp³-hybridized carbons (Fsp3) is 0.214. The van der Waals surface area contributed by atoms with Gasteiger partial charge in [0, 0.05) is 25.5 Å². The molecule has 0 fully saturated rings. The van der Waals surface area contributed by atoms with Crippen molar-refractivity contribution in [2.24, 2.45) is 0 Å². The first-order chi connectivity index (χ1) is 9.84. The van der Waals surface area contributed by atoms with E-state index in [9.17, 15) is 4.79 Å². The highest BCUT2D eigenvalue weighted by atomic mass is 16.2. The minimum atomic E-state index is -0.111. The van der Waals surface area contributed by atoms with Crippen molar-refractivity contribution in [2.75, 3.05) is 6.54 Å². The van der Waals surface area contributed by atoms with Crippen LogP contribution in [0.2, 0.25) is 0 Å². The lowest BCUT2D eigenvalue weighted by molar-refractivity contribution is 0.538. The summed E-state index contributed by atoms with van der Waals surface area (Å²) in [5.74, 6) is 0. The Kier molecular flexibility index (Phi) is 3.56. The maximum absolute atomic E-state index is 12.0. The Bertz CT molecular complexity index is 747. The zero-order valence-corrected chi connectivity index (χ0v) is 10.9. The fourth-order valence-electron chi connectivity index (χ4n) is 2.02. The predicted molar refractivity (Wildman–Crippen MR) is 75.4 cm³/mol. The van der Waals surface area contributed by atoms with Crippen molar-refractivity contribution in [3.8, 4) is 0 Å². The van der Waals surface area contributed by atoms with Crippen molar-refractivity contribution in [1.82, 2.24) is 24.5 Å². The molecule has 3 aromatic heterocycles. The van der Waals surface area contributed by atoms with Gasteiger partial charge in [-0.1, -0.05) is 12.1 Å². The number of nitrogens with one attached hydrogen (secondary N) is 1. The highest BCUT2D eigenvalue weighted by Crippen LogP contribution is 1.95. The van der Waals surface area contributed by atoms with Gasteiger partial charge in [0.1, 0.15) is 0 Å². The van der Waals surface area contributed by atoms with Gasteiger partial charge in [0.25, 0.3) is 0 Å². The van der Waals surface area contributed by atoms with Gasteiger partial charge in [-0.05, 0) is 24.3 Å². The summed E-state index contributed by atoms with van der Waals surface area (Å²) >= 11 is 0. The number of aromatic nitrogens is 4. The van der Waals surface area contributed by atoms with E-state index in [1.54, 1.807) is 16.8 Å². The van der Waals surface area contributed by atoms with Crippen LogP contribution in [0.25, 0.3) is 5.65 Å². The van der Waals surface area contributed by atoms with Crippen molar-refractivity contribution < 1.29 is 0 Å². The first kappa shape index (κ1) is 12.6. The van der Waals surface area contributed by atoms with Gasteiger partial charge in [-0.15, -0.1) is 5.10 Å². The van der Waals surface area contributed by atoms with Gasteiger partial charge in [0.15, 0.2) is 5.65 Å². The first-order valence-corrected chi connectivity index (χ1v) is 6.49. The molecule has 3 heterocycles. The molecule has 0 aromatic carbocycles. The van der Waals surface area contributed by atoms with Gasteiger partial charge in [0.05, 0.1) is 12.2 Å². The van der Waals surface area contributed by atoms with E-state index in [-0.39, 0.29) is 5.69 Å². The van der Waals surface area contributed by atoms with E-state index in [4.69, 9.17) is 0 Å². The van der Waals surface area contributed by atoms with Gasteiger partial charge in [0.2, 0.25) is 0 Å². The van der Waals surface area contributed by atoms with E-state index in [1.165, 1.54) is 4.68 Å². The Hall–Kier alpha value is -2.47. The molecule has 3 aromatic rings. The molecule has 0 amide bonds. The average molecular weight is 269 g/mol. The van der Waals surface area contributed by atoms with Crippen LogP contribution in [-0.2, 0) is 13.1 Å². The predicted octanol–water partition coefficient (Wildman–Crippen LogP) is 0.681. The van der Waals surface area contributed by atoms with Crippen LogP contribution < -0.4 is 11.0 Å². The van der Waals surface area contributed by atoms with Crippen LogP contribution in [0, 0.1) is 0 Å². The quantitative estimate of drug-likeness (QED) is 0.692. The molecule has 0 saturated heterocycles. The monoisotopic (exact) mass is 269 g/mol. The van der Waals surface area contributed by atoms with Crippen LogP contribution in [0.15, 0.2) is 53.6 Å². The lowest BCUT2D eigenvalue weighted by atomic mass is 10.3. The second-order valence-corrected chi connectivity index (χ2v) is 4.43. The summed E-state index contributed by atoms with van der Waals surface area (Å²) in [6.07, 6.45) is 3.49. The third-order valence-corrected chi connectivity index (χ3v) is 3.02. The number of hydrogen-bond acceptors (Lipinski definition) is 4. The fourth-order valence-corrected chi connectivity index (χ4v) is 2.02. The highest BCUT2D eigenvalue weighted by molar-refractivity contribution is 5.35. The van der Waals surface area contributed by atoms with Crippen molar-refractivity contribution in [1.29, 1.82) is 0 Å². The van der Waals surface area contributed by atoms with Crippen molar-refractivity contribution in [2.45, 2.75) is 13.1 Å². The summed E-state index contributed by atoms with van der Waals surface area (Å²) in [6, 6.07) is 11.3. The van der Waals surface area contributed by atoms with Crippen molar-refractivity contribution in [3.63, 3.8) is 0 Å². The molecule has 6 nitrogen and oxygen atoms in total. The molecule has 6 heteroatoms.